The Bertz CT molecular complexity index is 266. The van der Waals surface area contributed by atoms with Crippen LogP contribution in [0.2, 0.25) is 5.02 Å². The molecule has 1 aromatic carbocycles. The van der Waals surface area contributed by atoms with Gasteiger partial charge in [-0.05, 0) is 18.1 Å². The molecule has 12 heavy (non-hydrogen) atoms. The standard InChI is InChI=1S/C10H10Cl2/c11-8-4-3-6-9-5-1-2-7-10(9)12/h1-5,7H,6,8H2. The molecule has 0 saturated heterocycles. The van der Waals surface area contributed by atoms with Gasteiger partial charge in [-0.2, -0.15) is 0 Å². The van der Waals surface area contributed by atoms with Gasteiger partial charge in [0.05, 0.1) is 0 Å². The van der Waals surface area contributed by atoms with Crippen LogP contribution in [0, 0.1) is 0 Å². The number of allylic oxidation sites excluding steroid dienone is 2. The third-order valence-corrected chi connectivity index (χ3v) is 2.10. The zero-order valence-corrected chi connectivity index (χ0v) is 8.15. The van der Waals surface area contributed by atoms with E-state index in [2.05, 4.69) is 0 Å². The first-order valence-electron chi connectivity index (χ1n) is 3.79. The number of alkyl halides is 1. The summed E-state index contributed by atoms with van der Waals surface area (Å²) in [6.45, 7) is 0. The normalized spacial score (nSPS) is 10.8. The molecule has 0 heterocycles. The van der Waals surface area contributed by atoms with E-state index < -0.39 is 0 Å². The second kappa shape index (κ2) is 5.23. The molecule has 0 amide bonds. The predicted octanol–water partition coefficient (Wildman–Crippen LogP) is 3.68. The van der Waals surface area contributed by atoms with Crippen LogP contribution in [-0.4, -0.2) is 5.88 Å². The quantitative estimate of drug-likeness (QED) is 0.516. The summed E-state index contributed by atoms with van der Waals surface area (Å²) in [6, 6.07) is 7.82. The highest BCUT2D eigenvalue weighted by Gasteiger charge is 1.94. The Morgan fingerprint density at radius 2 is 1.92 bits per heavy atom. The monoisotopic (exact) mass is 200 g/mol. The average Bonchev–Trinajstić information content (AvgIpc) is 2.09. The summed E-state index contributed by atoms with van der Waals surface area (Å²) < 4.78 is 0. The van der Waals surface area contributed by atoms with Crippen molar-refractivity contribution in [2.45, 2.75) is 6.42 Å². The predicted molar refractivity (Wildman–Crippen MR) is 55.0 cm³/mol. The maximum absolute atomic E-state index is 5.94. The van der Waals surface area contributed by atoms with E-state index in [4.69, 9.17) is 23.2 Å². The van der Waals surface area contributed by atoms with Gasteiger partial charge in [-0.3, -0.25) is 0 Å². The molecule has 64 valence electrons. The third-order valence-electron chi connectivity index (χ3n) is 1.55. The summed E-state index contributed by atoms with van der Waals surface area (Å²) in [5, 5.41) is 0.816. The summed E-state index contributed by atoms with van der Waals surface area (Å²) in [4.78, 5) is 0. The minimum Gasteiger partial charge on any atom is -0.122 e. The van der Waals surface area contributed by atoms with Gasteiger partial charge in [0.25, 0.3) is 0 Å². The van der Waals surface area contributed by atoms with Crippen LogP contribution in [0.15, 0.2) is 36.4 Å². The van der Waals surface area contributed by atoms with Crippen LogP contribution in [0.4, 0.5) is 0 Å². The summed E-state index contributed by atoms with van der Waals surface area (Å²) in [5.74, 6) is 0.560. The van der Waals surface area contributed by atoms with Gasteiger partial charge >= 0.3 is 0 Å². The second-order valence-corrected chi connectivity index (χ2v) is 3.14. The van der Waals surface area contributed by atoms with E-state index in [1.54, 1.807) is 0 Å². The Kier molecular flexibility index (Phi) is 4.20. The van der Waals surface area contributed by atoms with Gasteiger partial charge in [-0.25, -0.2) is 0 Å². The summed E-state index contributed by atoms with van der Waals surface area (Å²) in [5.41, 5.74) is 1.14. The Morgan fingerprint density at radius 3 is 2.58 bits per heavy atom. The molecule has 0 bridgehead atoms. The molecule has 0 saturated carbocycles. The lowest BCUT2D eigenvalue weighted by molar-refractivity contribution is 1.26. The zero-order chi connectivity index (χ0) is 8.81. The number of hydrogen-bond donors (Lipinski definition) is 0. The SMILES string of the molecule is ClCC=CCc1ccccc1Cl. The molecule has 0 radical (unpaired) electrons. The van der Waals surface area contributed by atoms with Crippen molar-refractivity contribution in [1.29, 1.82) is 0 Å². The van der Waals surface area contributed by atoms with Crippen LogP contribution < -0.4 is 0 Å². The lowest BCUT2D eigenvalue weighted by Gasteiger charge is -1.98. The highest BCUT2D eigenvalue weighted by atomic mass is 35.5. The van der Waals surface area contributed by atoms with E-state index in [1.807, 2.05) is 36.4 Å². The molecule has 0 fully saturated rings. The smallest absolute Gasteiger partial charge is 0.0441 e. The highest BCUT2D eigenvalue weighted by Crippen LogP contribution is 2.15. The number of halogens is 2. The maximum atomic E-state index is 5.94. The van der Waals surface area contributed by atoms with Crippen molar-refractivity contribution in [3.8, 4) is 0 Å². The Labute approximate surface area is 82.8 Å². The Balaban J connectivity index is 2.63. The van der Waals surface area contributed by atoms with Gasteiger partial charge in [0, 0.05) is 10.9 Å². The van der Waals surface area contributed by atoms with Crippen LogP contribution in [0.25, 0.3) is 0 Å². The fourth-order valence-corrected chi connectivity index (χ4v) is 1.28. The van der Waals surface area contributed by atoms with Crippen molar-refractivity contribution in [3.05, 3.63) is 47.0 Å². The summed E-state index contributed by atoms with van der Waals surface area (Å²) in [7, 11) is 0. The fraction of sp³-hybridized carbons (Fsp3) is 0.200. The molecule has 1 aromatic rings. The summed E-state index contributed by atoms with van der Waals surface area (Å²) in [6.07, 6.45) is 4.80. The molecule has 0 atom stereocenters. The van der Waals surface area contributed by atoms with E-state index in [0.717, 1.165) is 17.0 Å². The fourth-order valence-electron chi connectivity index (χ4n) is 0.937. The minimum absolute atomic E-state index is 0.560. The molecule has 0 aliphatic carbocycles. The Morgan fingerprint density at radius 1 is 1.17 bits per heavy atom. The van der Waals surface area contributed by atoms with Crippen LogP contribution in [0.5, 0.6) is 0 Å². The van der Waals surface area contributed by atoms with Crippen LogP contribution >= 0.6 is 23.2 Å². The molecule has 1 rings (SSSR count). The highest BCUT2D eigenvalue weighted by molar-refractivity contribution is 6.31. The minimum atomic E-state index is 0.560. The molecule has 0 aromatic heterocycles. The lowest BCUT2D eigenvalue weighted by Crippen LogP contribution is -1.81. The molecule has 0 unspecified atom stereocenters. The summed E-state index contributed by atoms with van der Waals surface area (Å²) >= 11 is 11.4. The first kappa shape index (κ1) is 9.63. The second-order valence-electron chi connectivity index (χ2n) is 2.42. The molecular formula is C10H10Cl2. The van der Waals surface area contributed by atoms with Gasteiger partial charge in [0.2, 0.25) is 0 Å². The van der Waals surface area contributed by atoms with Crippen molar-refractivity contribution >= 4 is 23.2 Å². The molecule has 0 aliphatic rings. The number of hydrogen-bond acceptors (Lipinski definition) is 0. The van der Waals surface area contributed by atoms with Gasteiger partial charge in [0.15, 0.2) is 0 Å². The van der Waals surface area contributed by atoms with Crippen LogP contribution in [0.3, 0.4) is 0 Å². The topological polar surface area (TPSA) is 0 Å². The molecule has 0 nitrogen and oxygen atoms in total. The first-order chi connectivity index (χ1) is 5.84. The average molecular weight is 201 g/mol. The van der Waals surface area contributed by atoms with E-state index in [9.17, 15) is 0 Å². The van der Waals surface area contributed by atoms with Gasteiger partial charge < -0.3 is 0 Å². The van der Waals surface area contributed by atoms with E-state index >= 15 is 0 Å². The van der Waals surface area contributed by atoms with Crippen molar-refractivity contribution in [3.63, 3.8) is 0 Å². The van der Waals surface area contributed by atoms with Crippen molar-refractivity contribution in [2.24, 2.45) is 0 Å². The Hall–Kier alpha value is -0.460. The van der Waals surface area contributed by atoms with Crippen molar-refractivity contribution in [1.82, 2.24) is 0 Å². The molecule has 0 aliphatic heterocycles. The largest absolute Gasteiger partial charge is 0.122 e. The van der Waals surface area contributed by atoms with Gasteiger partial charge in [-0.15, -0.1) is 11.6 Å². The van der Waals surface area contributed by atoms with Crippen molar-refractivity contribution < 1.29 is 0 Å². The molecule has 0 N–H and O–H groups in total. The number of benzene rings is 1. The van der Waals surface area contributed by atoms with E-state index in [-0.39, 0.29) is 0 Å². The zero-order valence-electron chi connectivity index (χ0n) is 6.63. The van der Waals surface area contributed by atoms with Crippen LogP contribution in [0.1, 0.15) is 5.56 Å². The van der Waals surface area contributed by atoms with E-state index in [1.165, 1.54) is 0 Å². The van der Waals surface area contributed by atoms with Gasteiger partial charge in [0.1, 0.15) is 0 Å². The molecular weight excluding hydrogens is 191 g/mol. The maximum Gasteiger partial charge on any atom is 0.0441 e. The molecule has 2 heteroatoms. The third kappa shape index (κ3) is 2.88. The lowest BCUT2D eigenvalue weighted by atomic mass is 10.1. The van der Waals surface area contributed by atoms with Gasteiger partial charge in [-0.1, -0.05) is 42.0 Å². The first-order valence-corrected chi connectivity index (χ1v) is 4.70. The van der Waals surface area contributed by atoms with Crippen molar-refractivity contribution in [2.75, 3.05) is 5.88 Å². The van der Waals surface area contributed by atoms with E-state index in [0.29, 0.717) is 5.88 Å². The van der Waals surface area contributed by atoms with Crippen LogP contribution in [-0.2, 0) is 6.42 Å². The molecule has 0 spiro atoms. The number of rotatable bonds is 3.